The lowest BCUT2D eigenvalue weighted by molar-refractivity contribution is 0.100. The van der Waals surface area contributed by atoms with E-state index >= 15 is 0 Å². The second-order valence-electron chi connectivity index (χ2n) is 3.34. The fraction of sp³-hybridized carbons (Fsp3) is 0.364. The van der Waals surface area contributed by atoms with E-state index in [2.05, 4.69) is 17.6 Å². The molecule has 0 saturated heterocycles. The Balaban J connectivity index is 2.56. The molecule has 4 N–H and O–H groups in total. The second-order valence-corrected chi connectivity index (χ2v) is 3.75. The van der Waals surface area contributed by atoms with Gasteiger partial charge in [0.2, 0.25) is 5.91 Å². The van der Waals surface area contributed by atoms with E-state index in [1.54, 1.807) is 18.2 Å². The Hall–Kier alpha value is -1.26. The highest BCUT2D eigenvalue weighted by Gasteiger charge is 2.06. The van der Waals surface area contributed by atoms with E-state index in [1.165, 1.54) is 0 Å². The van der Waals surface area contributed by atoms with Crippen molar-refractivity contribution in [3.05, 3.63) is 28.8 Å². The fourth-order valence-corrected chi connectivity index (χ4v) is 1.57. The number of anilines is 1. The van der Waals surface area contributed by atoms with Crippen LogP contribution in [0.5, 0.6) is 0 Å². The summed E-state index contributed by atoms with van der Waals surface area (Å²) in [6.07, 6.45) is 0. The fourth-order valence-electron chi connectivity index (χ4n) is 1.30. The van der Waals surface area contributed by atoms with Crippen molar-refractivity contribution < 1.29 is 4.79 Å². The van der Waals surface area contributed by atoms with E-state index in [1.807, 2.05) is 0 Å². The molecule has 0 aliphatic rings. The first-order valence-corrected chi connectivity index (χ1v) is 5.57. The summed E-state index contributed by atoms with van der Waals surface area (Å²) in [5, 5.41) is 6.76. The molecule has 0 fully saturated rings. The number of likely N-dealkylation sites (N-methyl/N-ethyl adjacent to an activating group) is 1. The lowest BCUT2D eigenvalue weighted by atomic mass is 10.2. The van der Waals surface area contributed by atoms with Crippen LogP contribution in [0.3, 0.4) is 0 Å². The molecule has 1 aromatic carbocycles. The van der Waals surface area contributed by atoms with Gasteiger partial charge in [-0.25, -0.2) is 0 Å². The maximum absolute atomic E-state index is 10.9. The molecule has 0 atom stereocenters. The minimum Gasteiger partial charge on any atom is -0.384 e. The zero-order valence-corrected chi connectivity index (χ0v) is 9.97. The molecule has 1 amide bonds. The second kappa shape index (κ2) is 6.35. The molecule has 0 spiro atoms. The number of rotatable bonds is 6. The van der Waals surface area contributed by atoms with Gasteiger partial charge in [0, 0.05) is 18.8 Å². The van der Waals surface area contributed by atoms with Crippen molar-refractivity contribution in [3.8, 4) is 0 Å². The number of carbonyl (C=O) groups is 1. The summed E-state index contributed by atoms with van der Waals surface area (Å²) >= 11 is 5.91. The van der Waals surface area contributed by atoms with Gasteiger partial charge in [0.1, 0.15) is 0 Å². The molecule has 5 heteroatoms. The summed E-state index contributed by atoms with van der Waals surface area (Å²) < 4.78 is 0. The van der Waals surface area contributed by atoms with Crippen molar-refractivity contribution in [2.45, 2.75) is 6.92 Å². The molecule has 0 radical (unpaired) electrons. The smallest absolute Gasteiger partial charge is 0.250 e. The highest BCUT2D eigenvalue weighted by Crippen LogP contribution is 2.20. The molecule has 0 aliphatic carbocycles. The third-order valence-electron chi connectivity index (χ3n) is 2.12. The molecule has 0 aliphatic heterocycles. The van der Waals surface area contributed by atoms with E-state index < -0.39 is 5.91 Å². The van der Waals surface area contributed by atoms with Gasteiger partial charge in [-0.05, 0) is 24.7 Å². The SMILES string of the molecule is CCNCCNc1ccc(C(N)=O)c(Cl)c1. The summed E-state index contributed by atoms with van der Waals surface area (Å²) in [7, 11) is 0. The van der Waals surface area contributed by atoms with Crippen molar-refractivity contribution in [2.75, 3.05) is 25.0 Å². The number of benzene rings is 1. The number of hydrogen-bond donors (Lipinski definition) is 3. The molecule has 88 valence electrons. The maximum Gasteiger partial charge on any atom is 0.250 e. The minimum absolute atomic E-state index is 0.346. The van der Waals surface area contributed by atoms with Gasteiger partial charge in [0.15, 0.2) is 0 Å². The predicted octanol–water partition coefficient (Wildman–Crippen LogP) is 1.46. The Morgan fingerprint density at radius 2 is 2.19 bits per heavy atom. The first-order valence-electron chi connectivity index (χ1n) is 5.19. The van der Waals surface area contributed by atoms with Crippen LogP contribution in [0.25, 0.3) is 0 Å². The molecule has 0 unspecified atom stereocenters. The van der Waals surface area contributed by atoms with Gasteiger partial charge in [0.25, 0.3) is 0 Å². The predicted molar refractivity (Wildman–Crippen MR) is 67.0 cm³/mol. The lowest BCUT2D eigenvalue weighted by Gasteiger charge is -2.08. The number of carbonyl (C=O) groups excluding carboxylic acids is 1. The first kappa shape index (κ1) is 12.8. The highest BCUT2D eigenvalue weighted by molar-refractivity contribution is 6.34. The van der Waals surface area contributed by atoms with Crippen LogP contribution >= 0.6 is 11.6 Å². The highest BCUT2D eigenvalue weighted by atomic mass is 35.5. The minimum atomic E-state index is -0.510. The van der Waals surface area contributed by atoms with E-state index in [9.17, 15) is 4.79 Å². The molecule has 1 aromatic rings. The van der Waals surface area contributed by atoms with Crippen molar-refractivity contribution in [1.82, 2.24) is 5.32 Å². The molecule has 16 heavy (non-hydrogen) atoms. The third-order valence-corrected chi connectivity index (χ3v) is 2.43. The number of hydrogen-bond acceptors (Lipinski definition) is 3. The molecule has 4 nitrogen and oxygen atoms in total. The van der Waals surface area contributed by atoms with Crippen LogP contribution in [0.15, 0.2) is 18.2 Å². The van der Waals surface area contributed by atoms with Crippen LogP contribution in [-0.2, 0) is 0 Å². The standard InChI is InChI=1S/C11H16ClN3O/c1-2-14-5-6-15-8-3-4-9(11(13)16)10(12)7-8/h3-4,7,14-15H,2,5-6H2,1H3,(H2,13,16). The van der Waals surface area contributed by atoms with Gasteiger partial charge in [-0.1, -0.05) is 18.5 Å². The summed E-state index contributed by atoms with van der Waals surface area (Å²) in [6.45, 7) is 4.69. The number of nitrogens with two attached hydrogens (primary N) is 1. The van der Waals surface area contributed by atoms with Gasteiger partial charge < -0.3 is 16.4 Å². The Morgan fingerprint density at radius 1 is 1.44 bits per heavy atom. The molecule has 0 aromatic heterocycles. The average Bonchev–Trinajstić information content (AvgIpc) is 2.24. The molecule has 0 bridgehead atoms. The Bertz CT molecular complexity index is 368. The quantitative estimate of drug-likeness (QED) is 0.661. The summed E-state index contributed by atoms with van der Waals surface area (Å²) in [4.78, 5) is 10.9. The number of halogens is 1. The summed E-state index contributed by atoms with van der Waals surface area (Å²) in [5.41, 5.74) is 6.38. The number of amides is 1. The van der Waals surface area contributed by atoms with Gasteiger partial charge in [0.05, 0.1) is 10.6 Å². The largest absolute Gasteiger partial charge is 0.384 e. The first-order chi connectivity index (χ1) is 7.65. The van der Waals surface area contributed by atoms with Gasteiger partial charge >= 0.3 is 0 Å². The van der Waals surface area contributed by atoms with Crippen LogP contribution in [-0.4, -0.2) is 25.5 Å². The van der Waals surface area contributed by atoms with E-state index in [4.69, 9.17) is 17.3 Å². The third kappa shape index (κ3) is 3.72. The monoisotopic (exact) mass is 241 g/mol. The molecule has 0 saturated carbocycles. The molecule has 1 rings (SSSR count). The Morgan fingerprint density at radius 3 is 2.75 bits per heavy atom. The molecule has 0 heterocycles. The van der Waals surface area contributed by atoms with Gasteiger partial charge in [-0.2, -0.15) is 0 Å². The zero-order chi connectivity index (χ0) is 12.0. The summed E-state index contributed by atoms with van der Waals surface area (Å²) in [5.74, 6) is -0.510. The summed E-state index contributed by atoms with van der Waals surface area (Å²) in [6, 6.07) is 5.12. The normalized spacial score (nSPS) is 10.1. The zero-order valence-electron chi connectivity index (χ0n) is 9.22. The van der Waals surface area contributed by atoms with Gasteiger partial charge in [-0.15, -0.1) is 0 Å². The Kier molecular flexibility index (Phi) is 5.08. The van der Waals surface area contributed by atoms with E-state index in [0.29, 0.717) is 10.6 Å². The van der Waals surface area contributed by atoms with Crippen LogP contribution in [0.1, 0.15) is 17.3 Å². The maximum atomic E-state index is 10.9. The van der Waals surface area contributed by atoms with E-state index in [-0.39, 0.29) is 0 Å². The van der Waals surface area contributed by atoms with Crippen LogP contribution in [0.2, 0.25) is 5.02 Å². The van der Waals surface area contributed by atoms with Crippen LogP contribution in [0, 0.1) is 0 Å². The van der Waals surface area contributed by atoms with E-state index in [0.717, 1.165) is 25.3 Å². The van der Waals surface area contributed by atoms with Crippen LogP contribution in [0.4, 0.5) is 5.69 Å². The van der Waals surface area contributed by atoms with Gasteiger partial charge in [-0.3, -0.25) is 4.79 Å². The number of primary amides is 1. The lowest BCUT2D eigenvalue weighted by Crippen LogP contribution is -2.21. The van der Waals surface area contributed by atoms with Crippen molar-refractivity contribution >= 4 is 23.2 Å². The Labute approximate surface area is 100 Å². The number of nitrogens with one attached hydrogen (secondary N) is 2. The topological polar surface area (TPSA) is 67.2 Å². The average molecular weight is 242 g/mol. The van der Waals surface area contributed by atoms with Crippen molar-refractivity contribution in [1.29, 1.82) is 0 Å². The molecular formula is C11H16ClN3O. The van der Waals surface area contributed by atoms with Crippen molar-refractivity contribution in [3.63, 3.8) is 0 Å². The van der Waals surface area contributed by atoms with Crippen LogP contribution < -0.4 is 16.4 Å². The van der Waals surface area contributed by atoms with Crippen molar-refractivity contribution in [2.24, 2.45) is 5.73 Å². The molecular weight excluding hydrogens is 226 g/mol.